The molecule has 0 aliphatic carbocycles. The molecule has 1 atom stereocenters. The number of nitrogens with one attached hydrogen (secondary N) is 1. The zero-order valence-corrected chi connectivity index (χ0v) is 11.9. The lowest BCUT2D eigenvalue weighted by Crippen LogP contribution is -2.29. The van der Waals surface area contributed by atoms with Crippen molar-refractivity contribution >= 4 is 0 Å². The molecule has 1 aromatic carbocycles. The molecule has 2 aliphatic rings. The van der Waals surface area contributed by atoms with Crippen LogP contribution >= 0.6 is 0 Å². The summed E-state index contributed by atoms with van der Waals surface area (Å²) in [5, 5.41) is 3.60. The number of rotatable bonds is 4. The maximum absolute atomic E-state index is 3.60. The molecule has 0 radical (unpaired) electrons. The number of benzene rings is 1. The van der Waals surface area contributed by atoms with Crippen molar-refractivity contribution in [3.05, 3.63) is 35.4 Å². The second-order valence-corrected chi connectivity index (χ2v) is 6.15. The molecular formula is C17H26N2. The molecule has 0 bridgehead atoms. The summed E-state index contributed by atoms with van der Waals surface area (Å²) < 4.78 is 0. The first-order valence-electron chi connectivity index (χ1n) is 7.94. The van der Waals surface area contributed by atoms with Gasteiger partial charge in [-0.1, -0.05) is 30.7 Å². The first-order chi connectivity index (χ1) is 9.40. The highest BCUT2D eigenvalue weighted by Crippen LogP contribution is 2.16. The van der Waals surface area contributed by atoms with Crippen LogP contribution in [-0.4, -0.2) is 30.6 Å². The molecule has 2 fully saturated rings. The van der Waals surface area contributed by atoms with Crippen LogP contribution in [0.4, 0.5) is 0 Å². The molecule has 0 saturated carbocycles. The monoisotopic (exact) mass is 258 g/mol. The summed E-state index contributed by atoms with van der Waals surface area (Å²) in [6.45, 7) is 4.92. The smallest absolute Gasteiger partial charge is 0.0233 e. The molecule has 0 spiro atoms. The summed E-state index contributed by atoms with van der Waals surface area (Å²) in [4.78, 5) is 2.61. The Balaban J connectivity index is 1.58. The summed E-state index contributed by atoms with van der Waals surface area (Å²) in [5.74, 6) is 0. The molecule has 2 saturated heterocycles. The van der Waals surface area contributed by atoms with Crippen molar-refractivity contribution < 1.29 is 0 Å². The molecular weight excluding hydrogens is 232 g/mol. The van der Waals surface area contributed by atoms with Crippen LogP contribution in [0.2, 0.25) is 0 Å². The highest BCUT2D eigenvalue weighted by molar-refractivity contribution is 5.24. The lowest BCUT2D eigenvalue weighted by molar-refractivity contribution is 0.221. The van der Waals surface area contributed by atoms with Gasteiger partial charge in [-0.2, -0.15) is 0 Å². The van der Waals surface area contributed by atoms with Crippen LogP contribution in [0.1, 0.15) is 43.2 Å². The number of likely N-dealkylation sites (tertiary alicyclic amines) is 1. The predicted octanol–water partition coefficient (Wildman–Crippen LogP) is 2.97. The van der Waals surface area contributed by atoms with Crippen molar-refractivity contribution in [3.63, 3.8) is 0 Å². The number of piperidine rings is 1. The molecule has 1 aromatic rings. The number of nitrogens with zero attached hydrogens (tertiary/aromatic N) is 1. The Morgan fingerprint density at radius 1 is 1.05 bits per heavy atom. The summed E-state index contributed by atoms with van der Waals surface area (Å²) in [7, 11) is 0. The van der Waals surface area contributed by atoms with E-state index in [0.29, 0.717) is 6.04 Å². The average molecular weight is 258 g/mol. The Bertz CT molecular complexity index is 390. The molecule has 1 N–H and O–H groups in total. The van der Waals surface area contributed by atoms with Gasteiger partial charge in [0.05, 0.1) is 0 Å². The fourth-order valence-electron chi connectivity index (χ4n) is 3.45. The molecule has 2 heterocycles. The van der Waals surface area contributed by atoms with E-state index in [9.17, 15) is 0 Å². The van der Waals surface area contributed by atoms with Gasteiger partial charge in [-0.25, -0.2) is 0 Å². The quantitative estimate of drug-likeness (QED) is 0.893. The summed E-state index contributed by atoms with van der Waals surface area (Å²) in [5.41, 5.74) is 3.01. The third kappa shape index (κ3) is 3.80. The zero-order valence-electron chi connectivity index (χ0n) is 11.9. The highest BCUT2D eigenvalue weighted by Gasteiger charge is 2.15. The second-order valence-electron chi connectivity index (χ2n) is 6.15. The molecule has 0 aromatic heterocycles. The molecule has 2 nitrogen and oxygen atoms in total. The molecule has 2 aliphatic heterocycles. The van der Waals surface area contributed by atoms with Crippen LogP contribution < -0.4 is 5.32 Å². The Morgan fingerprint density at radius 2 is 1.89 bits per heavy atom. The van der Waals surface area contributed by atoms with Crippen LogP contribution in [0.15, 0.2) is 24.3 Å². The van der Waals surface area contributed by atoms with Gasteiger partial charge in [0.15, 0.2) is 0 Å². The summed E-state index contributed by atoms with van der Waals surface area (Å²) >= 11 is 0. The van der Waals surface area contributed by atoms with E-state index in [4.69, 9.17) is 0 Å². The maximum atomic E-state index is 3.60. The van der Waals surface area contributed by atoms with Gasteiger partial charge in [-0.05, 0) is 62.9 Å². The van der Waals surface area contributed by atoms with Crippen LogP contribution in [0.25, 0.3) is 0 Å². The predicted molar refractivity (Wildman–Crippen MR) is 80.3 cm³/mol. The molecule has 3 rings (SSSR count). The van der Waals surface area contributed by atoms with Crippen LogP contribution in [0, 0.1) is 0 Å². The van der Waals surface area contributed by atoms with Crippen molar-refractivity contribution in [1.29, 1.82) is 0 Å². The van der Waals surface area contributed by atoms with E-state index in [0.717, 1.165) is 6.54 Å². The van der Waals surface area contributed by atoms with Gasteiger partial charge in [-0.3, -0.25) is 4.90 Å². The largest absolute Gasteiger partial charge is 0.314 e. The second kappa shape index (κ2) is 6.53. The van der Waals surface area contributed by atoms with E-state index in [1.165, 1.54) is 69.3 Å². The summed E-state index contributed by atoms with van der Waals surface area (Å²) in [6, 6.07) is 9.96. The van der Waals surface area contributed by atoms with E-state index in [2.05, 4.69) is 34.5 Å². The van der Waals surface area contributed by atoms with Gasteiger partial charge in [0, 0.05) is 12.6 Å². The van der Waals surface area contributed by atoms with Crippen LogP contribution in [0.5, 0.6) is 0 Å². The van der Waals surface area contributed by atoms with Gasteiger partial charge in [0.2, 0.25) is 0 Å². The number of hydrogen-bond acceptors (Lipinski definition) is 2. The zero-order chi connectivity index (χ0) is 12.9. The van der Waals surface area contributed by atoms with Crippen molar-refractivity contribution in [2.75, 3.05) is 19.6 Å². The van der Waals surface area contributed by atoms with Crippen LogP contribution in [0.3, 0.4) is 0 Å². The van der Waals surface area contributed by atoms with Crippen molar-refractivity contribution in [2.45, 2.75) is 51.1 Å². The average Bonchev–Trinajstić information content (AvgIpc) is 2.93. The van der Waals surface area contributed by atoms with Gasteiger partial charge < -0.3 is 5.32 Å². The van der Waals surface area contributed by atoms with Crippen LogP contribution in [-0.2, 0) is 13.0 Å². The SMILES string of the molecule is c1cc(CC2CCCN2)cc(CN2CCCCC2)c1. The minimum atomic E-state index is 0.713. The standard InChI is InChI=1S/C17H26N2/c1-2-10-19(11-3-1)14-16-7-4-6-15(12-16)13-17-8-5-9-18-17/h4,6-7,12,17-18H,1-3,5,8-11,13-14H2. The molecule has 1 unspecified atom stereocenters. The normalized spacial score (nSPS) is 24.7. The highest BCUT2D eigenvalue weighted by atomic mass is 15.1. The van der Waals surface area contributed by atoms with Gasteiger partial charge in [-0.15, -0.1) is 0 Å². The Kier molecular flexibility index (Phi) is 4.52. The lowest BCUT2D eigenvalue weighted by Gasteiger charge is -2.26. The third-order valence-electron chi connectivity index (χ3n) is 4.49. The first kappa shape index (κ1) is 13.1. The topological polar surface area (TPSA) is 15.3 Å². The fraction of sp³-hybridized carbons (Fsp3) is 0.647. The minimum absolute atomic E-state index is 0.713. The van der Waals surface area contributed by atoms with Gasteiger partial charge in [0.1, 0.15) is 0 Å². The maximum Gasteiger partial charge on any atom is 0.0233 e. The van der Waals surface area contributed by atoms with E-state index in [-0.39, 0.29) is 0 Å². The van der Waals surface area contributed by atoms with E-state index in [1.54, 1.807) is 0 Å². The Hall–Kier alpha value is -0.860. The van der Waals surface area contributed by atoms with Gasteiger partial charge in [0.25, 0.3) is 0 Å². The Labute approximate surface area is 117 Å². The van der Waals surface area contributed by atoms with Gasteiger partial charge >= 0.3 is 0 Å². The molecule has 19 heavy (non-hydrogen) atoms. The molecule has 0 amide bonds. The lowest BCUT2D eigenvalue weighted by atomic mass is 10.0. The summed E-state index contributed by atoms with van der Waals surface area (Å²) in [6.07, 6.45) is 8.07. The molecule has 2 heteroatoms. The van der Waals surface area contributed by atoms with E-state index < -0.39 is 0 Å². The Morgan fingerprint density at radius 3 is 2.68 bits per heavy atom. The fourth-order valence-corrected chi connectivity index (χ4v) is 3.45. The van der Waals surface area contributed by atoms with Crippen molar-refractivity contribution in [1.82, 2.24) is 10.2 Å². The third-order valence-corrected chi connectivity index (χ3v) is 4.49. The molecule has 104 valence electrons. The van der Waals surface area contributed by atoms with E-state index >= 15 is 0 Å². The number of hydrogen-bond donors (Lipinski definition) is 1. The minimum Gasteiger partial charge on any atom is -0.314 e. The van der Waals surface area contributed by atoms with Crippen molar-refractivity contribution in [3.8, 4) is 0 Å². The van der Waals surface area contributed by atoms with E-state index in [1.807, 2.05) is 0 Å². The first-order valence-corrected chi connectivity index (χ1v) is 7.94. The van der Waals surface area contributed by atoms with Crippen molar-refractivity contribution in [2.24, 2.45) is 0 Å².